The molecule has 0 fully saturated rings. The van der Waals surface area contributed by atoms with Crippen LogP contribution in [-0.2, 0) is 0 Å². The highest BCUT2D eigenvalue weighted by atomic mass is 32.2. The second kappa shape index (κ2) is 4.68. The summed E-state index contributed by atoms with van der Waals surface area (Å²) in [6.07, 6.45) is 4.54. The number of benzene rings is 1. The first kappa shape index (κ1) is 10.5. The summed E-state index contributed by atoms with van der Waals surface area (Å²) >= 11 is 1.81. The molecule has 1 aromatic carbocycles. The van der Waals surface area contributed by atoms with E-state index in [1.807, 2.05) is 30.0 Å². The Bertz CT molecular complexity index is 441. The molecule has 80 valence electrons. The summed E-state index contributed by atoms with van der Waals surface area (Å²) in [5, 5.41) is 0. The number of oxazole rings is 1. The molecule has 0 radical (unpaired) electrons. The van der Waals surface area contributed by atoms with Crippen LogP contribution in [-0.4, -0.2) is 17.0 Å². The quantitative estimate of drug-likeness (QED) is 0.863. The van der Waals surface area contributed by atoms with Gasteiger partial charge in [-0.15, -0.1) is 0 Å². The van der Waals surface area contributed by atoms with Crippen LogP contribution < -0.4 is 5.73 Å². The normalized spacial score (nSPS) is 13.2. The Morgan fingerprint density at radius 2 is 2.40 bits per heavy atom. The maximum atomic E-state index is 6.07. The van der Waals surface area contributed by atoms with Gasteiger partial charge in [-0.2, -0.15) is 11.8 Å². The number of hydrogen-bond acceptors (Lipinski definition) is 4. The lowest BCUT2D eigenvalue weighted by Gasteiger charge is -2.10. The van der Waals surface area contributed by atoms with Crippen molar-refractivity contribution in [2.75, 3.05) is 12.0 Å². The van der Waals surface area contributed by atoms with Gasteiger partial charge in [0.05, 0.1) is 0 Å². The smallest absolute Gasteiger partial charge is 0.181 e. The lowest BCUT2D eigenvalue weighted by Crippen LogP contribution is -2.10. The fraction of sp³-hybridized carbons (Fsp3) is 0.364. The van der Waals surface area contributed by atoms with Crippen molar-refractivity contribution in [3.05, 3.63) is 30.2 Å². The van der Waals surface area contributed by atoms with E-state index in [1.54, 1.807) is 0 Å². The van der Waals surface area contributed by atoms with Crippen molar-refractivity contribution in [3.63, 3.8) is 0 Å². The molecule has 0 spiro atoms. The highest BCUT2D eigenvalue weighted by Gasteiger charge is 2.07. The minimum absolute atomic E-state index is 0.0898. The molecule has 0 saturated carbocycles. The standard InChI is InChI=1S/C11H14N2OS/c1-15-5-4-9(12)8-2-3-10-11(6-8)14-7-13-10/h2-3,6-7,9H,4-5,12H2,1H3. The lowest BCUT2D eigenvalue weighted by molar-refractivity contribution is 0.600. The van der Waals surface area contributed by atoms with Gasteiger partial charge in [0.2, 0.25) is 0 Å². The van der Waals surface area contributed by atoms with E-state index >= 15 is 0 Å². The molecule has 1 unspecified atom stereocenters. The van der Waals surface area contributed by atoms with E-state index in [-0.39, 0.29) is 6.04 Å². The predicted molar refractivity (Wildman–Crippen MR) is 63.9 cm³/mol. The zero-order valence-corrected chi connectivity index (χ0v) is 9.46. The minimum atomic E-state index is 0.0898. The summed E-state index contributed by atoms with van der Waals surface area (Å²) in [5.41, 5.74) is 8.88. The molecular weight excluding hydrogens is 208 g/mol. The number of aromatic nitrogens is 1. The molecule has 1 heterocycles. The average Bonchev–Trinajstić information content (AvgIpc) is 2.72. The molecule has 15 heavy (non-hydrogen) atoms. The Kier molecular flexibility index (Phi) is 3.28. The summed E-state index contributed by atoms with van der Waals surface area (Å²) in [7, 11) is 0. The summed E-state index contributed by atoms with van der Waals surface area (Å²) in [6.45, 7) is 0. The first-order valence-electron chi connectivity index (χ1n) is 4.89. The molecule has 0 saturated heterocycles. The third-order valence-corrected chi connectivity index (χ3v) is 3.06. The van der Waals surface area contributed by atoms with Crippen molar-refractivity contribution in [2.24, 2.45) is 5.73 Å². The van der Waals surface area contributed by atoms with E-state index in [2.05, 4.69) is 11.2 Å². The first-order chi connectivity index (χ1) is 7.31. The number of rotatable bonds is 4. The van der Waals surface area contributed by atoms with Gasteiger partial charge in [0.15, 0.2) is 12.0 Å². The molecule has 2 rings (SSSR count). The number of hydrogen-bond donors (Lipinski definition) is 1. The molecule has 1 atom stereocenters. The van der Waals surface area contributed by atoms with Gasteiger partial charge in [0, 0.05) is 6.04 Å². The van der Waals surface area contributed by atoms with Gasteiger partial charge in [0.1, 0.15) is 5.52 Å². The molecule has 4 heteroatoms. The third kappa shape index (κ3) is 2.33. The van der Waals surface area contributed by atoms with Crippen LogP contribution in [0.4, 0.5) is 0 Å². The average molecular weight is 222 g/mol. The molecule has 3 nitrogen and oxygen atoms in total. The second-order valence-electron chi connectivity index (χ2n) is 3.47. The zero-order valence-electron chi connectivity index (χ0n) is 8.64. The van der Waals surface area contributed by atoms with Gasteiger partial charge in [-0.3, -0.25) is 0 Å². The lowest BCUT2D eigenvalue weighted by atomic mass is 10.1. The fourth-order valence-corrected chi connectivity index (χ4v) is 2.00. The molecule has 2 N–H and O–H groups in total. The van der Waals surface area contributed by atoms with E-state index in [9.17, 15) is 0 Å². The fourth-order valence-electron chi connectivity index (χ4n) is 1.51. The largest absolute Gasteiger partial charge is 0.443 e. The Labute approximate surface area is 93.0 Å². The van der Waals surface area contributed by atoms with E-state index in [0.717, 1.165) is 28.8 Å². The molecule has 0 amide bonds. The minimum Gasteiger partial charge on any atom is -0.443 e. The van der Waals surface area contributed by atoms with Crippen LogP contribution in [0.5, 0.6) is 0 Å². The molecular formula is C11H14N2OS. The Morgan fingerprint density at radius 1 is 1.53 bits per heavy atom. The third-order valence-electron chi connectivity index (χ3n) is 2.42. The SMILES string of the molecule is CSCCC(N)c1ccc2ncoc2c1. The maximum Gasteiger partial charge on any atom is 0.181 e. The van der Waals surface area contributed by atoms with Crippen LogP contribution in [0.25, 0.3) is 11.1 Å². The maximum absolute atomic E-state index is 6.07. The topological polar surface area (TPSA) is 52.0 Å². The van der Waals surface area contributed by atoms with Crippen LogP contribution in [0.3, 0.4) is 0 Å². The van der Waals surface area contributed by atoms with Crippen molar-refractivity contribution >= 4 is 22.9 Å². The van der Waals surface area contributed by atoms with Crippen LogP contribution in [0, 0.1) is 0 Å². The van der Waals surface area contributed by atoms with Gasteiger partial charge in [-0.25, -0.2) is 4.98 Å². The molecule has 0 bridgehead atoms. The van der Waals surface area contributed by atoms with Crippen LogP contribution in [0.15, 0.2) is 29.0 Å². The molecule has 1 aromatic heterocycles. The highest BCUT2D eigenvalue weighted by Crippen LogP contribution is 2.21. The Morgan fingerprint density at radius 3 is 3.20 bits per heavy atom. The van der Waals surface area contributed by atoms with E-state index in [1.165, 1.54) is 6.39 Å². The van der Waals surface area contributed by atoms with Crippen LogP contribution in [0.2, 0.25) is 0 Å². The molecule has 2 aromatic rings. The van der Waals surface area contributed by atoms with Crippen LogP contribution >= 0.6 is 11.8 Å². The van der Waals surface area contributed by atoms with Crippen molar-refractivity contribution in [2.45, 2.75) is 12.5 Å². The monoisotopic (exact) mass is 222 g/mol. The van der Waals surface area contributed by atoms with Gasteiger partial charge in [-0.05, 0) is 36.1 Å². The van der Waals surface area contributed by atoms with Crippen molar-refractivity contribution in [3.8, 4) is 0 Å². The van der Waals surface area contributed by atoms with E-state index < -0.39 is 0 Å². The Balaban J connectivity index is 2.19. The Hall–Kier alpha value is -1.00. The number of nitrogens with zero attached hydrogens (tertiary/aromatic N) is 1. The van der Waals surface area contributed by atoms with Crippen molar-refractivity contribution in [1.82, 2.24) is 4.98 Å². The van der Waals surface area contributed by atoms with Crippen molar-refractivity contribution < 1.29 is 4.42 Å². The summed E-state index contributed by atoms with van der Waals surface area (Å²) in [6, 6.07) is 6.04. The first-order valence-corrected chi connectivity index (χ1v) is 6.28. The van der Waals surface area contributed by atoms with Gasteiger partial charge < -0.3 is 10.2 Å². The van der Waals surface area contributed by atoms with Crippen LogP contribution in [0.1, 0.15) is 18.0 Å². The summed E-state index contributed by atoms with van der Waals surface area (Å²) < 4.78 is 5.24. The van der Waals surface area contributed by atoms with Gasteiger partial charge in [0.25, 0.3) is 0 Å². The molecule has 0 aliphatic carbocycles. The van der Waals surface area contributed by atoms with Gasteiger partial charge >= 0.3 is 0 Å². The summed E-state index contributed by atoms with van der Waals surface area (Å²) in [4.78, 5) is 4.07. The van der Waals surface area contributed by atoms with E-state index in [0.29, 0.717) is 0 Å². The van der Waals surface area contributed by atoms with Gasteiger partial charge in [-0.1, -0.05) is 6.07 Å². The molecule has 0 aliphatic rings. The predicted octanol–water partition coefficient (Wildman–Crippen LogP) is 2.58. The number of thioether (sulfide) groups is 1. The van der Waals surface area contributed by atoms with Crippen molar-refractivity contribution in [1.29, 1.82) is 0 Å². The zero-order chi connectivity index (χ0) is 10.7. The second-order valence-corrected chi connectivity index (χ2v) is 4.45. The number of nitrogens with two attached hydrogens (primary N) is 1. The number of fused-ring (bicyclic) bond motifs is 1. The van der Waals surface area contributed by atoms with E-state index in [4.69, 9.17) is 10.2 Å². The summed E-state index contributed by atoms with van der Waals surface area (Å²) in [5.74, 6) is 1.08. The highest BCUT2D eigenvalue weighted by molar-refractivity contribution is 7.98. The molecule has 0 aliphatic heterocycles.